The topological polar surface area (TPSA) is 55.1 Å². The molecular weight excluding hydrogens is 204 g/mol. The van der Waals surface area contributed by atoms with Crippen LogP contribution >= 0.6 is 0 Å². The lowest BCUT2D eigenvalue weighted by molar-refractivity contribution is -0.137. The number of nitrogens with zero attached hydrogens (tertiary/aromatic N) is 2. The molecule has 2 aromatic rings. The molecule has 0 aliphatic carbocycles. The van der Waals surface area contributed by atoms with Gasteiger partial charge in [-0.1, -0.05) is 12.1 Å². The minimum absolute atomic E-state index is 0.101. The van der Waals surface area contributed by atoms with Crippen molar-refractivity contribution in [2.45, 2.75) is 26.8 Å². The fraction of sp³-hybridized carbons (Fsp3) is 0.333. The van der Waals surface area contributed by atoms with E-state index in [4.69, 9.17) is 5.11 Å². The Morgan fingerprint density at radius 3 is 2.88 bits per heavy atom. The van der Waals surface area contributed by atoms with E-state index in [-0.39, 0.29) is 6.42 Å². The molecule has 0 atom stereocenters. The molecule has 0 bridgehead atoms. The number of fused-ring (bicyclic) bond motifs is 1. The Kier molecular flexibility index (Phi) is 2.64. The predicted octanol–water partition coefficient (Wildman–Crippen LogP) is 2.13. The van der Waals surface area contributed by atoms with Gasteiger partial charge in [-0.05, 0) is 25.5 Å². The van der Waals surface area contributed by atoms with Gasteiger partial charge in [0.2, 0.25) is 0 Å². The van der Waals surface area contributed by atoms with Crippen LogP contribution in [0.5, 0.6) is 0 Å². The van der Waals surface area contributed by atoms with E-state index in [9.17, 15) is 4.79 Å². The molecule has 0 saturated carbocycles. The Labute approximate surface area is 93.5 Å². The zero-order chi connectivity index (χ0) is 11.7. The van der Waals surface area contributed by atoms with Crippen LogP contribution in [0.15, 0.2) is 18.2 Å². The molecule has 4 heteroatoms. The van der Waals surface area contributed by atoms with E-state index in [0.717, 1.165) is 16.6 Å². The van der Waals surface area contributed by atoms with Crippen LogP contribution in [-0.2, 0) is 11.3 Å². The van der Waals surface area contributed by atoms with Gasteiger partial charge in [-0.2, -0.15) is 5.10 Å². The van der Waals surface area contributed by atoms with Crippen molar-refractivity contribution in [3.8, 4) is 0 Å². The van der Waals surface area contributed by atoms with E-state index in [2.05, 4.69) is 5.10 Å². The van der Waals surface area contributed by atoms with Crippen LogP contribution in [0, 0.1) is 13.8 Å². The van der Waals surface area contributed by atoms with Crippen molar-refractivity contribution in [2.24, 2.45) is 0 Å². The van der Waals surface area contributed by atoms with Crippen molar-refractivity contribution in [2.75, 3.05) is 0 Å². The molecule has 0 saturated heterocycles. The molecule has 0 spiro atoms. The van der Waals surface area contributed by atoms with E-state index < -0.39 is 5.97 Å². The summed E-state index contributed by atoms with van der Waals surface area (Å²) in [7, 11) is 0. The zero-order valence-corrected chi connectivity index (χ0v) is 9.40. The molecule has 0 fully saturated rings. The van der Waals surface area contributed by atoms with Gasteiger partial charge in [-0.3, -0.25) is 9.48 Å². The molecule has 0 aliphatic rings. The number of benzene rings is 1. The molecule has 1 N–H and O–H groups in total. The van der Waals surface area contributed by atoms with Crippen LogP contribution in [0.3, 0.4) is 0 Å². The molecular formula is C12H14N2O2. The smallest absolute Gasteiger partial charge is 0.305 e. The summed E-state index contributed by atoms with van der Waals surface area (Å²) in [6.07, 6.45) is 0.101. The first kappa shape index (κ1) is 10.7. The van der Waals surface area contributed by atoms with Gasteiger partial charge in [0.25, 0.3) is 0 Å². The van der Waals surface area contributed by atoms with E-state index >= 15 is 0 Å². The maximum Gasteiger partial charge on any atom is 0.305 e. The summed E-state index contributed by atoms with van der Waals surface area (Å²) >= 11 is 0. The van der Waals surface area contributed by atoms with Gasteiger partial charge in [0.1, 0.15) is 0 Å². The summed E-state index contributed by atoms with van der Waals surface area (Å²) in [5, 5.41) is 14.2. The van der Waals surface area contributed by atoms with Gasteiger partial charge in [0, 0.05) is 5.39 Å². The molecule has 0 radical (unpaired) electrons. The number of carboxylic acid groups (broad SMARTS) is 1. The van der Waals surface area contributed by atoms with Crippen LogP contribution in [-0.4, -0.2) is 20.9 Å². The number of hydrogen-bond acceptors (Lipinski definition) is 2. The molecule has 2 rings (SSSR count). The van der Waals surface area contributed by atoms with Crippen molar-refractivity contribution in [1.82, 2.24) is 9.78 Å². The fourth-order valence-electron chi connectivity index (χ4n) is 1.99. The lowest BCUT2D eigenvalue weighted by atomic mass is 10.1. The lowest BCUT2D eigenvalue weighted by Crippen LogP contribution is -2.05. The van der Waals surface area contributed by atoms with Crippen LogP contribution in [0.1, 0.15) is 17.7 Å². The number of carboxylic acids is 1. The fourth-order valence-corrected chi connectivity index (χ4v) is 1.99. The Bertz CT molecular complexity index is 543. The van der Waals surface area contributed by atoms with E-state index in [1.54, 1.807) is 4.68 Å². The van der Waals surface area contributed by atoms with Crippen molar-refractivity contribution >= 4 is 16.9 Å². The maximum atomic E-state index is 10.5. The first-order valence-corrected chi connectivity index (χ1v) is 5.24. The Hall–Kier alpha value is -1.84. The summed E-state index contributed by atoms with van der Waals surface area (Å²) in [5.41, 5.74) is 3.15. The second-order valence-electron chi connectivity index (χ2n) is 3.92. The van der Waals surface area contributed by atoms with Gasteiger partial charge in [-0.15, -0.1) is 0 Å². The number of carbonyl (C=O) groups is 1. The van der Waals surface area contributed by atoms with Crippen LogP contribution < -0.4 is 0 Å². The van der Waals surface area contributed by atoms with Crippen LogP contribution in [0.25, 0.3) is 10.9 Å². The highest BCUT2D eigenvalue weighted by Gasteiger charge is 2.09. The summed E-state index contributed by atoms with van der Waals surface area (Å²) in [4.78, 5) is 10.5. The highest BCUT2D eigenvalue weighted by molar-refractivity contribution is 5.85. The van der Waals surface area contributed by atoms with E-state index in [1.807, 2.05) is 32.0 Å². The Morgan fingerprint density at radius 1 is 1.44 bits per heavy atom. The van der Waals surface area contributed by atoms with Gasteiger partial charge in [0.05, 0.1) is 24.2 Å². The van der Waals surface area contributed by atoms with Crippen LogP contribution in [0.2, 0.25) is 0 Å². The molecule has 1 aromatic heterocycles. The molecule has 1 heterocycles. The molecule has 0 unspecified atom stereocenters. The average Bonchev–Trinajstić information content (AvgIpc) is 2.54. The monoisotopic (exact) mass is 218 g/mol. The summed E-state index contributed by atoms with van der Waals surface area (Å²) in [6.45, 7) is 4.41. The van der Waals surface area contributed by atoms with E-state index in [0.29, 0.717) is 6.54 Å². The third kappa shape index (κ3) is 1.78. The van der Waals surface area contributed by atoms with Crippen molar-refractivity contribution in [1.29, 1.82) is 0 Å². The summed E-state index contributed by atoms with van der Waals surface area (Å²) in [5.74, 6) is -0.797. The highest BCUT2D eigenvalue weighted by atomic mass is 16.4. The van der Waals surface area contributed by atoms with Gasteiger partial charge in [0.15, 0.2) is 0 Å². The largest absolute Gasteiger partial charge is 0.481 e. The lowest BCUT2D eigenvalue weighted by Gasteiger charge is -2.01. The van der Waals surface area contributed by atoms with Crippen LogP contribution in [0.4, 0.5) is 0 Å². The number of rotatable bonds is 3. The zero-order valence-electron chi connectivity index (χ0n) is 9.40. The van der Waals surface area contributed by atoms with Gasteiger partial charge in [-0.25, -0.2) is 0 Å². The first-order chi connectivity index (χ1) is 7.59. The number of aliphatic carboxylic acids is 1. The second kappa shape index (κ2) is 3.96. The number of aromatic nitrogens is 2. The molecule has 16 heavy (non-hydrogen) atoms. The maximum absolute atomic E-state index is 10.5. The second-order valence-corrected chi connectivity index (χ2v) is 3.92. The predicted molar refractivity (Wildman–Crippen MR) is 61.5 cm³/mol. The third-order valence-electron chi connectivity index (χ3n) is 2.70. The molecule has 0 aliphatic heterocycles. The normalized spacial score (nSPS) is 10.9. The average molecular weight is 218 g/mol. The molecule has 1 aromatic carbocycles. The molecule has 4 nitrogen and oxygen atoms in total. The van der Waals surface area contributed by atoms with E-state index in [1.165, 1.54) is 5.56 Å². The molecule has 84 valence electrons. The number of hydrogen-bond donors (Lipinski definition) is 1. The number of aryl methyl sites for hydroxylation is 3. The quantitative estimate of drug-likeness (QED) is 0.858. The standard InChI is InChI=1S/C12H14N2O2/c1-8-4-3-5-10-12(8)9(2)13-14(10)7-6-11(15)16/h3-5H,6-7H2,1-2H3,(H,15,16). The molecule has 0 amide bonds. The summed E-state index contributed by atoms with van der Waals surface area (Å²) < 4.78 is 1.77. The Morgan fingerprint density at radius 2 is 2.19 bits per heavy atom. The third-order valence-corrected chi connectivity index (χ3v) is 2.70. The van der Waals surface area contributed by atoms with Gasteiger partial charge < -0.3 is 5.11 Å². The SMILES string of the molecule is Cc1cccc2c1c(C)nn2CCC(=O)O. The minimum atomic E-state index is -0.797. The highest BCUT2D eigenvalue weighted by Crippen LogP contribution is 2.21. The van der Waals surface area contributed by atoms with Crippen molar-refractivity contribution < 1.29 is 9.90 Å². The summed E-state index contributed by atoms with van der Waals surface area (Å²) in [6, 6.07) is 5.98. The first-order valence-electron chi connectivity index (χ1n) is 5.24. The Balaban J connectivity index is 2.47. The van der Waals surface area contributed by atoms with Crippen molar-refractivity contribution in [3.05, 3.63) is 29.5 Å². The van der Waals surface area contributed by atoms with Crippen molar-refractivity contribution in [3.63, 3.8) is 0 Å². The minimum Gasteiger partial charge on any atom is -0.481 e. The van der Waals surface area contributed by atoms with Gasteiger partial charge >= 0.3 is 5.97 Å².